The van der Waals surface area contributed by atoms with E-state index in [0.29, 0.717) is 0 Å². The lowest BCUT2D eigenvalue weighted by Gasteiger charge is -2.26. The standard InChI is InChI=1S/C9H14N2/c1-2-11-7-3-4-9(8-11)5-6-10/h5H,2-4,7-8H2,1H3/b9-5-. The fourth-order valence-electron chi connectivity index (χ4n) is 1.45. The van der Waals surface area contributed by atoms with E-state index in [0.717, 1.165) is 19.5 Å². The summed E-state index contributed by atoms with van der Waals surface area (Å²) in [5, 5.41) is 8.43. The topological polar surface area (TPSA) is 27.0 Å². The average molecular weight is 150 g/mol. The Bertz CT molecular complexity index is 188. The molecule has 1 heterocycles. The maximum atomic E-state index is 8.43. The summed E-state index contributed by atoms with van der Waals surface area (Å²) in [6, 6.07) is 2.09. The van der Waals surface area contributed by atoms with Crippen LogP contribution in [0.3, 0.4) is 0 Å². The monoisotopic (exact) mass is 150 g/mol. The molecule has 1 saturated heterocycles. The van der Waals surface area contributed by atoms with Crippen molar-refractivity contribution >= 4 is 0 Å². The van der Waals surface area contributed by atoms with Crippen LogP contribution in [0.1, 0.15) is 19.8 Å². The van der Waals surface area contributed by atoms with E-state index in [9.17, 15) is 0 Å². The molecule has 0 aromatic heterocycles. The van der Waals surface area contributed by atoms with Gasteiger partial charge in [0.25, 0.3) is 0 Å². The van der Waals surface area contributed by atoms with Crippen molar-refractivity contribution in [1.29, 1.82) is 5.26 Å². The zero-order valence-electron chi connectivity index (χ0n) is 7.01. The van der Waals surface area contributed by atoms with Gasteiger partial charge in [-0.2, -0.15) is 5.26 Å². The SMILES string of the molecule is CCN1CCC/C(=C/C#N)C1. The molecule has 2 nitrogen and oxygen atoms in total. The second-order valence-electron chi connectivity index (χ2n) is 2.90. The van der Waals surface area contributed by atoms with Gasteiger partial charge in [0.15, 0.2) is 0 Å². The molecule has 0 spiro atoms. The summed E-state index contributed by atoms with van der Waals surface area (Å²) in [4.78, 5) is 2.37. The van der Waals surface area contributed by atoms with E-state index in [1.54, 1.807) is 6.08 Å². The third kappa shape index (κ3) is 2.36. The van der Waals surface area contributed by atoms with E-state index in [-0.39, 0.29) is 0 Å². The second-order valence-corrected chi connectivity index (χ2v) is 2.90. The molecule has 11 heavy (non-hydrogen) atoms. The maximum Gasteiger partial charge on any atom is 0.0912 e. The molecule has 0 amide bonds. The molecule has 0 N–H and O–H groups in total. The van der Waals surface area contributed by atoms with Gasteiger partial charge in [-0.25, -0.2) is 0 Å². The summed E-state index contributed by atoms with van der Waals surface area (Å²) in [6.07, 6.45) is 4.02. The Morgan fingerprint density at radius 2 is 2.55 bits per heavy atom. The van der Waals surface area contributed by atoms with Crippen molar-refractivity contribution < 1.29 is 0 Å². The van der Waals surface area contributed by atoms with Gasteiger partial charge in [-0.15, -0.1) is 0 Å². The van der Waals surface area contributed by atoms with Gasteiger partial charge in [0.2, 0.25) is 0 Å². The van der Waals surface area contributed by atoms with Gasteiger partial charge in [-0.3, -0.25) is 4.90 Å². The van der Waals surface area contributed by atoms with Crippen LogP contribution in [0.15, 0.2) is 11.6 Å². The molecule has 0 radical (unpaired) electrons. The van der Waals surface area contributed by atoms with Crippen LogP contribution in [-0.2, 0) is 0 Å². The van der Waals surface area contributed by atoms with E-state index < -0.39 is 0 Å². The summed E-state index contributed by atoms with van der Waals surface area (Å²) >= 11 is 0. The Kier molecular flexibility index (Phi) is 3.13. The summed E-state index contributed by atoms with van der Waals surface area (Å²) in [6.45, 7) is 5.46. The van der Waals surface area contributed by atoms with Crippen LogP contribution < -0.4 is 0 Å². The highest BCUT2D eigenvalue weighted by atomic mass is 15.1. The lowest BCUT2D eigenvalue weighted by Crippen LogP contribution is -2.30. The van der Waals surface area contributed by atoms with Crippen LogP contribution in [0, 0.1) is 11.3 Å². The molecule has 0 bridgehead atoms. The Hall–Kier alpha value is -0.810. The molecule has 0 aliphatic carbocycles. The smallest absolute Gasteiger partial charge is 0.0912 e. The van der Waals surface area contributed by atoms with Crippen LogP contribution in [0.5, 0.6) is 0 Å². The first kappa shape index (κ1) is 8.29. The molecule has 0 atom stereocenters. The van der Waals surface area contributed by atoms with Crippen molar-refractivity contribution in [1.82, 2.24) is 4.90 Å². The normalized spacial score (nSPS) is 23.5. The van der Waals surface area contributed by atoms with Crippen LogP contribution >= 0.6 is 0 Å². The van der Waals surface area contributed by atoms with E-state index >= 15 is 0 Å². The quantitative estimate of drug-likeness (QED) is 0.530. The van der Waals surface area contributed by atoms with Crippen LogP contribution in [0.2, 0.25) is 0 Å². The number of likely N-dealkylation sites (tertiary alicyclic amines) is 1. The van der Waals surface area contributed by atoms with Crippen molar-refractivity contribution in [3.8, 4) is 6.07 Å². The van der Waals surface area contributed by atoms with Crippen molar-refractivity contribution in [2.45, 2.75) is 19.8 Å². The van der Waals surface area contributed by atoms with Crippen LogP contribution in [-0.4, -0.2) is 24.5 Å². The van der Waals surface area contributed by atoms with Crippen LogP contribution in [0.4, 0.5) is 0 Å². The number of nitriles is 1. The highest BCUT2D eigenvalue weighted by Gasteiger charge is 2.11. The first-order valence-electron chi connectivity index (χ1n) is 4.16. The van der Waals surface area contributed by atoms with E-state index in [4.69, 9.17) is 5.26 Å². The molecule has 1 rings (SSSR count). The number of allylic oxidation sites excluding steroid dienone is 1. The highest BCUT2D eigenvalue weighted by Crippen LogP contribution is 2.14. The number of nitrogens with zero attached hydrogens (tertiary/aromatic N) is 2. The lowest BCUT2D eigenvalue weighted by molar-refractivity contribution is 0.279. The summed E-state index contributed by atoms with van der Waals surface area (Å²) in [5.74, 6) is 0. The molecular weight excluding hydrogens is 136 g/mol. The van der Waals surface area contributed by atoms with Crippen molar-refractivity contribution in [2.24, 2.45) is 0 Å². The van der Waals surface area contributed by atoms with Crippen molar-refractivity contribution in [3.63, 3.8) is 0 Å². The molecule has 2 heteroatoms. The second kappa shape index (κ2) is 4.15. The first-order chi connectivity index (χ1) is 5.36. The zero-order valence-corrected chi connectivity index (χ0v) is 7.01. The number of hydrogen-bond acceptors (Lipinski definition) is 2. The Balaban J connectivity index is 2.47. The van der Waals surface area contributed by atoms with Crippen LogP contribution in [0.25, 0.3) is 0 Å². The van der Waals surface area contributed by atoms with Gasteiger partial charge in [0.05, 0.1) is 6.07 Å². The van der Waals surface area contributed by atoms with Gasteiger partial charge < -0.3 is 0 Å². The van der Waals surface area contributed by atoms with E-state index in [1.165, 1.54) is 18.5 Å². The minimum atomic E-state index is 1.00. The molecule has 1 fully saturated rings. The Labute approximate surface area is 68.1 Å². The van der Waals surface area contributed by atoms with Gasteiger partial charge >= 0.3 is 0 Å². The summed E-state index contributed by atoms with van der Waals surface area (Å²) < 4.78 is 0. The molecule has 60 valence electrons. The molecule has 0 aromatic carbocycles. The van der Waals surface area contributed by atoms with Gasteiger partial charge in [0, 0.05) is 12.6 Å². The van der Waals surface area contributed by atoms with Crippen molar-refractivity contribution in [3.05, 3.63) is 11.6 Å². The van der Waals surface area contributed by atoms with Gasteiger partial charge in [-0.05, 0) is 31.5 Å². The largest absolute Gasteiger partial charge is 0.300 e. The van der Waals surface area contributed by atoms with E-state index in [2.05, 4.69) is 17.9 Å². The molecule has 0 unspecified atom stereocenters. The Morgan fingerprint density at radius 1 is 1.73 bits per heavy atom. The highest BCUT2D eigenvalue weighted by molar-refractivity contribution is 5.16. The van der Waals surface area contributed by atoms with E-state index in [1.807, 2.05) is 0 Å². The lowest BCUT2D eigenvalue weighted by atomic mass is 10.1. The molecule has 1 aliphatic rings. The molecular formula is C9H14N2. The zero-order chi connectivity index (χ0) is 8.10. The maximum absolute atomic E-state index is 8.43. The van der Waals surface area contributed by atoms with Gasteiger partial charge in [0.1, 0.15) is 0 Å². The number of hydrogen-bond donors (Lipinski definition) is 0. The average Bonchev–Trinajstić information content (AvgIpc) is 2.06. The summed E-state index contributed by atoms with van der Waals surface area (Å²) in [7, 11) is 0. The third-order valence-corrected chi connectivity index (χ3v) is 2.11. The Morgan fingerprint density at radius 3 is 3.18 bits per heavy atom. The molecule has 1 aliphatic heterocycles. The minimum Gasteiger partial charge on any atom is -0.300 e. The molecule has 0 saturated carbocycles. The predicted molar refractivity (Wildman–Crippen MR) is 45.0 cm³/mol. The minimum absolute atomic E-state index is 1.00. The predicted octanol–water partition coefficient (Wildman–Crippen LogP) is 1.55. The van der Waals surface area contributed by atoms with Crippen molar-refractivity contribution in [2.75, 3.05) is 19.6 Å². The molecule has 0 aromatic rings. The fourth-order valence-corrected chi connectivity index (χ4v) is 1.45. The third-order valence-electron chi connectivity index (χ3n) is 2.11. The number of piperidine rings is 1. The first-order valence-corrected chi connectivity index (χ1v) is 4.16. The fraction of sp³-hybridized carbons (Fsp3) is 0.667. The number of rotatable bonds is 1. The summed E-state index contributed by atoms with van der Waals surface area (Å²) in [5.41, 5.74) is 1.29. The van der Waals surface area contributed by atoms with Gasteiger partial charge in [-0.1, -0.05) is 6.92 Å². The number of likely N-dealkylation sites (N-methyl/N-ethyl adjacent to an activating group) is 1.